The molecule has 3 aliphatic rings. The summed E-state index contributed by atoms with van der Waals surface area (Å²) in [5.74, 6) is -7.65. The molecule has 4 rings (SSSR count). The lowest BCUT2D eigenvalue weighted by Crippen LogP contribution is -2.63. The summed E-state index contributed by atoms with van der Waals surface area (Å²) >= 11 is 0. The topological polar surface area (TPSA) is 200 Å². The highest BCUT2D eigenvalue weighted by Crippen LogP contribution is 2.52. The number of carbonyl (C=O) groups excluding carboxylic acids is 4. The summed E-state index contributed by atoms with van der Waals surface area (Å²) in [6, 6.07) is 1.54. The molecule has 0 radical (unpaired) electrons. The zero-order valence-corrected chi connectivity index (χ0v) is 21.3. The Labute approximate surface area is 218 Å². The fourth-order valence-electron chi connectivity index (χ4n) is 5.98. The Morgan fingerprint density at radius 3 is 2.50 bits per heavy atom. The number of fused-ring (bicyclic) bond motifs is 3. The summed E-state index contributed by atoms with van der Waals surface area (Å²) in [5.41, 5.74) is 1.79. The van der Waals surface area contributed by atoms with Crippen molar-refractivity contribution >= 4 is 23.3 Å². The maximum atomic E-state index is 13.7. The average molecular weight is 530 g/mol. The van der Waals surface area contributed by atoms with Crippen LogP contribution in [0.1, 0.15) is 32.7 Å². The van der Waals surface area contributed by atoms with E-state index in [0.29, 0.717) is 18.7 Å². The molecule has 1 aromatic carbocycles. The number of hydrogen-bond donors (Lipinski definition) is 6. The van der Waals surface area contributed by atoms with Gasteiger partial charge in [-0.05, 0) is 50.6 Å². The first-order valence-corrected chi connectivity index (χ1v) is 12.1. The maximum absolute atomic E-state index is 13.7. The molecule has 0 fully saturated rings. The number of ketones is 3. The molecule has 12 heteroatoms. The number of ether oxygens (including phenoxy) is 1. The molecule has 0 aliphatic heterocycles. The number of rotatable bonds is 8. The van der Waals surface area contributed by atoms with Crippen LogP contribution in [0.3, 0.4) is 0 Å². The second-order valence-electron chi connectivity index (χ2n) is 10.0. The number of Topliss-reactive ketones (excluding diaryl/α,β-unsaturated/α-hetero) is 3. The van der Waals surface area contributed by atoms with E-state index in [2.05, 4.69) is 5.32 Å². The summed E-state index contributed by atoms with van der Waals surface area (Å²) < 4.78 is 4.96. The number of hydrogen-bond acceptors (Lipinski definition) is 11. The minimum atomic E-state index is -2.71. The largest absolute Gasteiger partial charge is 0.510 e. The van der Waals surface area contributed by atoms with Crippen molar-refractivity contribution in [3.05, 3.63) is 51.5 Å². The molecule has 12 nitrogen and oxygen atoms in total. The van der Waals surface area contributed by atoms with Gasteiger partial charge in [0.2, 0.25) is 5.78 Å². The highest BCUT2D eigenvalue weighted by molar-refractivity contribution is 6.25. The number of aliphatic hydroxyl groups is 3. The molecule has 3 aliphatic carbocycles. The van der Waals surface area contributed by atoms with Crippen molar-refractivity contribution in [2.45, 2.75) is 24.5 Å². The van der Waals surface area contributed by atoms with Gasteiger partial charge < -0.3 is 36.2 Å². The van der Waals surface area contributed by atoms with Crippen molar-refractivity contribution < 1.29 is 44.3 Å². The normalized spacial score (nSPS) is 26.8. The number of aromatic hydroxyl groups is 1. The van der Waals surface area contributed by atoms with Gasteiger partial charge in [-0.25, -0.2) is 0 Å². The van der Waals surface area contributed by atoms with Crippen LogP contribution in [0.2, 0.25) is 0 Å². The lowest BCUT2D eigenvalue weighted by atomic mass is 9.58. The van der Waals surface area contributed by atoms with E-state index in [9.17, 15) is 39.6 Å². The Balaban J connectivity index is 1.84. The lowest BCUT2D eigenvalue weighted by Gasteiger charge is -2.50. The minimum absolute atomic E-state index is 0.0402. The molecule has 0 spiro atoms. The molecule has 0 saturated carbocycles. The molecule has 4 atom stereocenters. The van der Waals surface area contributed by atoms with Gasteiger partial charge in [0, 0.05) is 30.7 Å². The third-order valence-corrected chi connectivity index (χ3v) is 7.67. The van der Waals surface area contributed by atoms with Crippen LogP contribution in [0.15, 0.2) is 34.8 Å². The number of phenols is 1. The Hall–Kier alpha value is -3.58. The summed E-state index contributed by atoms with van der Waals surface area (Å²) in [7, 11) is 4.64. The number of nitrogens with zero attached hydrogens (tertiary/aromatic N) is 1. The molecular formula is C26H31N3O9. The van der Waals surface area contributed by atoms with Crippen molar-refractivity contribution in [2.75, 3.05) is 40.9 Å². The Bertz CT molecular complexity index is 1300. The molecule has 0 unspecified atom stereocenters. The van der Waals surface area contributed by atoms with E-state index in [0.717, 1.165) is 0 Å². The quantitative estimate of drug-likeness (QED) is 0.145. The van der Waals surface area contributed by atoms with Gasteiger partial charge in [0.15, 0.2) is 17.2 Å². The first-order chi connectivity index (χ1) is 17.9. The third-order valence-electron chi connectivity index (χ3n) is 7.67. The third kappa shape index (κ3) is 4.00. The maximum Gasteiger partial charge on any atom is 0.255 e. The molecule has 204 valence electrons. The summed E-state index contributed by atoms with van der Waals surface area (Å²) in [5, 5.41) is 47.2. The number of aliphatic hydroxyl groups excluding tert-OH is 2. The number of allylic oxidation sites excluding steroid dienone is 1. The number of phenolic OH excluding ortho intramolecular Hbond substituents is 1. The first kappa shape index (κ1) is 27.5. The molecule has 38 heavy (non-hydrogen) atoms. The van der Waals surface area contributed by atoms with Gasteiger partial charge in [-0.2, -0.15) is 0 Å². The average Bonchev–Trinajstić information content (AvgIpc) is 2.83. The molecule has 0 bridgehead atoms. The SMILES string of the molecule is COCCNCC(=O)c1ccc(O)c2c1C[C@H]1C[C@H]3[C@H](N(C)C)C(O)=C(C(N)=O)C(=O)[C@@]3(O)C(O)=C1C2=O. The lowest BCUT2D eigenvalue weighted by molar-refractivity contribution is -0.148. The number of primary amides is 1. The number of nitrogens with two attached hydrogens (primary N) is 1. The zero-order valence-electron chi connectivity index (χ0n) is 21.3. The Morgan fingerprint density at radius 1 is 1.21 bits per heavy atom. The van der Waals surface area contributed by atoms with Crippen LogP contribution in [0, 0.1) is 11.8 Å². The van der Waals surface area contributed by atoms with Gasteiger partial charge in [0.1, 0.15) is 22.8 Å². The van der Waals surface area contributed by atoms with Crippen molar-refractivity contribution in [1.29, 1.82) is 0 Å². The van der Waals surface area contributed by atoms with Crippen LogP contribution >= 0.6 is 0 Å². The van der Waals surface area contributed by atoms with Crippen LogP contribution < -0.4 is 11.1 Å². The molecule has 0 saturated heterocycles. The number of amides is 1. The van der Waals surface area contributed by atoms with Gasteiger partial charge in [-0.3, -0.25) is 24.1 Å². The number of likely N-dealkylation sites (N-methyl/N-ethyl adjacent to an activating group) is 1. The molecule has 7 N–H and O–H groups in total. The van der Waals surface area contributed by atoms with Crippen molar-refractivity contribution in [3.63, 3.8) is 0 Å². The van der Waals surface area contributed by atoms with Crippen LogP contribution in [0.5, 0.6) is 5.75 Å². The number of methoxy groups -OCH3 is 1. The van der Waals surface area contributed by atoms with E-state index in [4.69, 9.17) is 10.5 Å². The molecule has 1 aromatic rings. The van der Waals surface area contributed by atoms with Gasteiger partial charge in [-0.1, -0.05) is 0 Å². The summed E-state index contributed by atoms with van der Waals surface area (Å²) in [6.45, 7) is 0.778. The standard InChI is InChI=1S/C26H31N3O9/c1-29(2)20-14-9-11-8-13-12(16(31)10-28-6-7-38-3)4-5-15(30)18(13)21(32)17(11)23(34)26(14,37)24(35)19(22(20)33)25(27)36/h4-5,11,14,20,28,30,33-34,37H,6-10H2,1-3H3,(H2,27,36)/t11-,14-,20-,26-/m0/s1. The number of carbonyl (C=O) groups is 4. The highest BCUT2D eigenvalue weighted by Gasteiger charge is 2.63. The fourth-order valence-corrected chi connectivity index (χ4v) is 5.98. The van der Waals surface area contributed by atoms with E-state index in [1.807, 2.05) is 0 Å². The summed E-state index contributed by atoms with van der Waals surface area (Å²) in [6.07, 6.45) is -0.0107. The van der Waals surface area contributed by atoms with Crippen LogP contribution in [0.25, 0.3) is 0 Å². The zero-order chi connectivity index (χ0) is 28.1. The predicted molar refractivity (Wildman–Crippen MR) is 133 cm³/mol. The monoisotopic (exact) mass is 529 g/mol. The second-order valence-corrected chi connectivity index (χ2v) is 10.0. The van der Waals surface area contributed by atoms with E-state index in [1.54, 1.807) is 14.1 Å². The molecular weight excluding hydrogens is 498 g/mol. The van der Waals surface area contributed by atoms with E-state index in [1.165, 1.54) is 24.1 Å². The molecule has 0 aromatic heterocycles. The Kier molecular flexibility index (Phi) is 7.19. The van der Waals surface area contributed by atoms with Gasteiger partial charge in [-0.15, -0.1) is 0 Å². The predicted octanol–water partition coefficient (Wildman–Crippen LogP) is -0.461. The minimum Gasteiger partial charge on any atom is -0.510 e. The second kappa shape index (κ2) is 9.95. The first-order valence-electron chi connectivity index (χ1n) is 12.1. The highest BCUT2D eigenvalue weighted by atomic mass is 16.5. The Morgan fingerprint density at radius 2 is 1.89 bits per heavy atom. The van der Waals surface area contributed by atoms with E-state index in [-0.39, 0.29) is 41.9 Å². The van der Waals surface area contributed by atoms with Gasteiger partial charge in [0.25, 0.3) is 5.91 Å². The van der Waals surface area contributed by atoms with Crippen molar-refractivity contribution in [2.24, 2.45) is 17.6 Å². The van der Waals surface area contributed by atoms with Crippen molar-refractivity contribution in [3.8, 4) is 5.75 Å². The van der Waals surface area contributed by atoms with Crippen LogP contribution in [-0.2, 0) is 20.7 Å². The van der Waals surface area contributed by atoms with E-state index >= 15 is 0 Å². The number of benzene rings is 1. The fraction of sp³-hybridized carbons (Fsp3) is 0.462. The smallest absolute Gasteiger partial charge is 0.255 e. The van der Waals surface area contributed by atoms with Crippen molar-refractivity contribution in [1.82, 2.24) is 10.2 Å². The van der Waals surface area contributed by atoms with E-state index < -0.39 is 63.8 Å². The van der Waals surface area contributed by atoms with Crippen LogP contribution in [0.4, 0.5) is 0 Å². The van der Waals surface area contributed by atoms with Crippen LogP contribution in [-0.4, -0.2) is 101 Å². The van der Waals surface area contributed by atoms with Gasteiger partial charge >= 0.3 is 0 Å². The molecule has 1 amide bonds. The number of nitrogens with one attached hydrogen (secondary N) is 1. The molecule has 0 heterocycles. The summed E-state index contributed by atoms with van der Waals surface area (Å²) in [4.78, 5) is 53.5. The van der Waals surface area contributed by atoms with Gasteiger partial charge in [0.05, 0.1) is 24.8 Å².